The van der Waals surface area contributed by atoms with Crippen LogP contribution in [0, 0.1) is 17.7 Å². The second-order valence-electron chi connectivity index (χ2n) is 7.49. The lowest BCUT2D eigenvalue weighted by molar-refractivity contribution is -0.134. The molecular formula is C22H24FNO2. The number of halogens is 1. The molecule has 1 heterocycles. The normalized spacial score (nSPS) is 24.3. The van der Waals surface area contributed by atoms with Crippen LogP contribution in [0.1, 0.15) is 42.4 Å². The van der Waals surface area contributed by atoms with Crippen molar-refractivity contribution in [1.82, 2.24) is 4.90 Å². The zero-order valence-corrected chi connectivity index (χ0v) is 14.7. The number of carbonyl (C=O) groups excluding carboxylic acids is 1. The van der Waals surface area contributed by atoms with Crippen molar-refractivity contribution in [3.05, 3.63) is 71.5 Å². The molecule has 3 unspecified atom stereocenters. The smallest absolute Gasteiger partial charge is 0.226 e. The van der Waals surface area contributed by atoms with Crippen LogP contribution in [0.25, 0.3) is 0 Å². The molecule has 0 aromatic heterocycles. The molecule has 26 heavy (non-hydrogen) atoms. The Bertz CT molecular complexity index is 771. The van der Waals surface area contributed by atoms with Crippen molar-refractivity contribution < 1.29 is 14.3 Å². The Labute approximate surface area is 153 Å². The molecule has 136 valence electrons. The lowest BCUT2D eigenvalue weighted by Gasteiger charge is -2.34. The van der Waals surface area contributed by atoms with Crippen molar-refractivity contribution in [3.63, 3.8) is 0 Å². The van der Waals surface area contributed by atoms with Gasteiger partial charge in [-0.25, -0.2) is 4.39 Å². The first-order valence-corrected chi connectivity index (χ1v) is 9.41. The number of nitrogens with zero attached hydrogens (tertiary/aromatic N) is 1. The maximum absolute atomic E-state index is 13.9. The predicted molar refractivity (Wildman–Crippen MR) is 98.0 cm³/mol. The molecule has 3 atom stereocenters. The van der Waals surface area contributed by atoms with E-state index in [-0.39, 0.29) is 29.5 Å². The molecule has 1 saturated carbocycles. The number of carbonyl (C=O) groups is 1. The molecule has 2 aromatic rings. The van der Waals surface area contributed by atoms with Gasteiger partial charge >= 0.3 is 0 Å². The third kappa shape index (κ3) is 3.38. The summed E-state index contributed by atoms with van der Waals surface area (Å²) in [6.45, 7) is 1.35. The van der Waals surface area contributed by atoms with Crippen LogP contribution in [0.5, 0.6) is 0 Å². The number of likely N-dealkylation sites (tertiary alicyclic amines) is 1. The van der Waals surface area contributed by atoms with Gasteiger partial charge in [0.2, 0.25) is 5.91 Å². The number of piperidine rings is 1. The molecule has 4 heteroatoms. The van der Waals surface area contributed by atoms with E-state index in [0.717, 1.165) is 24.8 Å². The minimum absolute atomic E-state index is 0.0244. The largest absolute Gasteiger partial charge is 0.388 e. The van der Waals surface area contributed by atoms with E-state index in [4.69, 9.17) is 0 Å². The third-order valence-corrected chi connectivity index (χ3v) is 5.85. The predicted octanol–water partition coefficient (Wildman–Crippen LogP) is 3.90. The van der Waals surface area contributed by atoms with E-state index in [1.807, 2.05) is 41.3 Å². The zero-order chi connectivity index (χ0) is 18.1. The molecule has 1 aliphatic heterocycles. The van der Waals surface area contributed by atoms with Gasteiger partial charge in [-0.1, -0.05) is 48.5 Å². The summed E-state index contributed by atoms with van der Waals surface area (Å²) >= 11 is 0. The van der Waals surface area contributed by atoms with E-state index in [2.05, 4.69) is 0 Å². The fraction of sp³-hybridized carbons (Fsp3) is 0.409. The first-order chi connectivity index (χ1) is 12.6. The quantitative estimate of drug-likeness (QED) is 0.906. The summed E-state index contributed by atoms with van der Waals surface area (Å²) in [6.07, 6.45) is 1.88. The molecule has 0 bridgehead atoms. The molecular weight excluding hydrogens is 329 g/mol. The number of hydrogen-bond donors (Lipinski definition) is 1. The summed E-state index contributed by atoms with van der Waals surface area (Å²) in [7, 11) is 0. The highest BCUT2D eigenvalue weighted by Gasteiger charge is 2.47. The van der Waals surface area contributed by atoms with E-state index in [9.17, 15) is 14.3 Å². The highest BCUT2D eigenvalue weighted by molar-refractivity contribution is 5.83. The van der Waals surface area contributed by atoms with Crippen molar-refractivity contribution in [1.29, 1.82) is 0 Å². The minimum atomic E-state index is -0.472. The van der Waals surface area contributed by atoms with Crippen LogP contribution in [-0.2, 0) is 4.79 Å². The molecule has 1 amide bonds. The number of aliphatic hydroxyl groups excluding tert-OH is 1. The van der Waals surface area contributed by atoms with Crippen LogP contribution in [0.3, 0.4) is 0 Å². The molecule has 3 nitrogen and oxygen atoms in total. The Morgan fingerprint density at radius 1 is 1.04 bits per heavy atom. The van der Waals surface area contributed by atoms with Crippen molar-refractivity contribution in [3.8, 4) is 0 Å². The Hall–Kier alpha value is -2.20. The highest BCUT2D eigenvalue weighted by Crippen LogP contribution is 2.49. The lowest BCUT2D eigenvalue weighted by atomic mass is 9.87. The molecule has 1 aliphatic carbocycles. The number of rotatable bonds is 4. The topological polar surface area (TPSA) is 40.5 Å². The van der Waals surface area contributed by atoms with Gasteiger partial charge in [-0.05, 0) is 48.3 Å². The van der Waals surface area contributed by atoms with Crippen LogP contribution in [0.15, 0.2) is 54.6 Å². The summed E-state index contributed by atoms with van der Waals surface area (Å²) in [5, 5.41) is 10.6. The molecule has 4 rings (SSSR count). The maximum Gasteiger partial charge on any atom is 0.226 e. The van der Waals surface area contributed by atoms with E-state index in [0.29, 0.717) is 18.7 Å². The highest BCUT2D eigenvalue weighted by atomic mass is 19.1. The van der Waals surface area contributed by atoms with Crippen LogP contribution in [0.2, 0.25) is 0 Å². The van der Waals surface area contributed by atoms with Gasteiger partial charge in [0.05, 0.1) is 6.10 Å². The van der Waals surface area contributed by atoms with Gasteiger partial charge in [0.25, 0.3) is 0 Å². The summed E-state index contributed by atoms with van der Waals surface area (Å²) in [6, 6.07) is 16.5. The number of aliphatic hydroxyl groups is 1. The van der Waals surface area contributed by atoms with Crippen LogP contribution in [0.4, 0.5) is 4.39 Å². The summed E-state index contributed by atoms with van der Waals surface area (Å²) in [5.41, 5.74) is 1.61. The number of amides is 1. The van der Waals surface area contributed by atoms with Gasteiger partial charge in [0.1, 0.15) is 5.82 Å². The van der Waals surface area contributed by atoms with Gasteiger partial charge in [-0.3, -0.25) is 4.79 Å². The Morgan fingerprint density at radius 2 is 1.69 bits per heavy atom. The van der Waals surface area contributed by atoms with Gasteiger partial charge in [-0.15, -0.1) is 0 Å². The first-order valence-electron chi connectivity index (χ1n) is 9.41. The third-order valence-electron chi connectivity index (χ3n) is 5.85. The summed E-state index contributed by atoms with van der Waals surface area (Å²) in [5.74, 6) is 0.0604. The molecule has 2 aromatic carbocycles. The summed E-state index contributed by atoms with van der Waals surface area (Å²) in [4.78, 5) is 14.6. The monoisotopic (exact) mass is 353 g/mol. The number of hydrogen-bond acceptors (Lipinski definition) is 2. The second kappa shape index (κ2) is 7.20. The van der Waals surface area contributed by atoms with Crippen LogP contribution >= 0.6 is 0 Å². The molecule has 0 spiro atoms. The Morgan fingerprint density at radius 3 is 2.38 bits per heavy atom. The molecule has 2 aliphatic rings. The lowest BCUT2D eigenvalue weighted by Crippen LogP contribution is -2.40. The second-order valence-corrected chi connectivity index (χ2v) is 7.49. The average molecular weight is 353 g/mol. The number of benzene rings is 2. The minimum Gasteiger partial charge on any atom is -0.388 e. The Kier molecular flexibility index (Phi) is 4.77. The van der Waals surface area contributed by atoms with Gasteiger partial charge in [0, 0.05) is 19.0 Å². The van der Waals surface area contributed by atoms with Gasteiger partial charge in [0.15, 0.2) is 0 Å². The molecule has 1 saturated heterocycles. The standard InChI is InChI=1S/C22H24FNO2/c23-20-9-5-4-8-17(20)18-14-19(18)22(26)24-12-10-16(11-13-24)21(25)15-6-2-1-3-7-15/h1-9,16,18-19,21,25H,10-14H2. The fourth-order valence-electron chi connectivity index (χ4n) is 4.18. The van der Waals surface area contributed by atoms with Crippen molar-refractivity contribution >= 4 is 5.91 Å². The first kappa shape index (κ1) is 17.2. The van der Waals surface area contributed by atoms with E-state index in [1.54, 1.807) is 12.1 Å². The fourth-order valence-corrected chi connectivity index (χ4v) is 4.18. The van der Waals surface area contributed by atoms with E-state index in [1.165, 1.54) is 6.07 Å². The maximum atomic E-state index is 13.9. The molecule has 2 fully saturated rings. The summed E-state index contributed by atoms with van der Waals surface area (Å²) < 4.78 is 13.9. The molecule has 1 N–H and O–H groups in total. The Balaban J connectivity index is 1.33. The average Bonchev–Trinajstić information content (AvgIpc) is 3.48. The van der Waals surface area contributed by atoms with Crippen molar-refractivity contribution in [2.24, 2.45) is 11.8 Å². The molecule has 0 radical (unpaired) electrons. The SMILES string of the molecule is O=C(C1CC1c1ccccc1F)N1CCC(C(O)c2ccccc2)CC1. The van der Waals surface area contributed by atoms with E-state index < -0.39 is 6.10 Å². The van der Waals surface area contributed by atoms with Crippen molar-refractivity contribution in [2.75, 3.05) is 13.1 Å². The van der Waals surface area contributed by atoms with E-state index >= 15 is 0 Å². The van der Waals surface area contributed by atoms with Crippen molar-refractivity contribution in [2.45, 2.75) is 31.3 Å². The van der Waals surface area contributed by atoms with Crippen LogP contribution < -0.4 is 0 Å². The van der Waals surface area contributed by atoms with Gasteiger partial charge < -0.3 is 10.0 Å². The zero-order valence-electron chi connectivity index (χ0n) is 14.7. The van der Waals surface area contributed by atoms with Gasteiger partial charge in [-0.2, -0.15) is 0 Å². The van der Waals surface area contributed by atoms with Crippen LogP contribution in [-0.4, -0.2) is 29.0 Å².